The molecule has 0 aliphatic carbocycles. The van der Waals surface area contributed by atoms with Gasteiger partial charge in [0.1, 0.15) is 28.6 Å². The molecule has 2 aromatic rings. The van der Waals surface area contributed by atoms with Crippen LogP contribution < -0.4 is 4.74 Å². The number of aromatic nitrogens is 3. The van der Waals surface area contributed by atoms with Crippen molar-refractivity contribution < 1.29 is 24.2 Å². The van der Waals surface area contributed by atoms with Gasteiger partial charge in [-0.3, -0.25) is 4.79 Å². The lowest BCUT2D eigenvalue weighted by Gasteiger charge is -2.08. The average Bonchev–Trinajstić information content (AvgIpc) is 3.09. The Labute approximate surface area is 156 Å². The van der Waals surface area contributed by atoms with Crippen LogP contribution in [-0.4, -0.2) is 38.6 Å². The topological polar surface area (TPSA) is 104 Å². The zero-order chi connectivity index (χ0) is 19.8. The Hall–Kier alpha value is -3.68. The Morgan fingerprint density at radius 1 is 1.15 bits per heavy atom. The van der Waals surface area contributed by atoms with Crippen LogP contribution in [0.1, 0.15) is 24.2 Å². The molecule has 1 aromatic heterocycles. The lowest BCUT2D eigenvalue weighted by atomic mass is 10.2. The highest BCUT2D eigenvalue weighted by atomic mass is 16.5. The Morgan fingerprint density at radius 3 is 2.41 bits per heavy atom. The third kappa shape index (κ3) is 5.15. The third-order valence-corrected chi connectivity index (χ3v) is 3.38. The number of benzene rings is 1. The zero-order valence-electron chi connectivity index (χ0n) is 14.6. The minimum atomic E-state index is -0.545. The molecule has 1 heterocycles. The molecular weight excluding hydrogens is 350 g/mol. The first-order valence-electron chi connectivity index (χ1n) is 8.04. The van der Waals surface area contributed by atoms with E-state index >= 15 is 0 Å². The number of hydrogen-bond donors (Lipinski definition) is 1. The van der Waals surface area contributed by atoms with Gasteiger partial charge in [0.2, 0.25) is 0 Å². The molecule has 0 amide bonds. The highest BCUT2D eigenvalue weighted by Crippen LogP contribution is 2.26. The molecule has 0 atom stereocenters. The number of phenols is 1. The van der Waals surface area contributed by atoms with Crippen LogP contribution in [0.5, 0.6) is 11.5 Å². The largest absolute Gasteiger partial charge is 0.506 e. The molecule has 1 N–H and O–H groups in total. The molecule has 0 spiro atoms. The second-order valence-corrected chi connectivity index (χ2v) is 5.27. The van der Waals surface area contributed by atoms with Gasteiger partial charge in [0.15, 0.2) is 0 Å². The highest BCUT2D eigenvalue weighted by molar-refractivity contribution is 5.81. The predicted molar refractivity (Wildman–Crippen MR) is 99.2 cm³/mol. The summed E-state index contributed by atoms with van der Waals surface area (Å²) in [6.45, 7) is 10.7. The molecule has 0 unspecified atom stereocenters. The summed E-state index contributed by atoms with van der Waals surface area (Å²) in [6, 6.07) is 4.25. The molecule has 8 heteroatoms. The summed E-state index contributed by atoms with van der Waals surface area (Å²) in [5.41, 5.74) is 1.23. The van der Waals surface area contributed by atoms with Crippen molar-refractivity contribution in [1.29, 1.82) is 0 Å². The number of ether oxygens (including phenoxy) is 2. The third-order valence-electron chi connectivity index (χ3n) is 3.38. The molecule has 2 rings (SSSR count). The Kier molecular flexibility index (Phi) is 6.65. The van der Waals surface area contributed by atoms with Crippen molar-refractivity contribution in [3.63, 3.8) is 0 Å². The lowest BCUT2D eigenvalue weighted by Crippen LogP contribution is -2.10. The molecule has 0 saturated heterocycles. The number of hydrogen-bond acceptors (Lipinski definition) is 7. The lowest BCUT2D eigenvalue weighted by molar-refractivity contribution is -0.140. The van der Waals surface area contributed by atoms with E-state index < -0.39 is 11.9 Å². The number of aromatic hydroxyl groups is 1. The van der Waals surface area contributed by atoms with Crippen LogP contribution in [0, 0.1) is 0 Å². The van der Waals surface area contributed by atoms with Gasteiger partial charge in [0.05, 0.1) is 6.61 Å². The normalized spacial score (nSPS) is 10.1. The van der Waals surface area contributed by atoms with E-state index in [0.717, 1.165) is 6.08 Å². The van der Waals surface area contributed by atoms with Crippen LogP contribution in [0.2, 0.25) is 0 Å². The number of nitrogens with zero attached hydrogens (tertiary/aromatic N) is 3. The predicted octanol–water partition coefficient (Wildman–Crippen LogP) is 2.67. The van der Waals surface area contributed by atoms with Gasteiger partial charge >= 0.3 is 11.9 Å². The van der Waals surface area contributed by atoms with Crippen LogP contribution >= 0.6 is 0 Å². The van der Waals surface area contributed by atoms with Crippen molar-refractivity contribution in [2.45, 2.75) is 12.8 Å². The maximum absolute atomic E-state index is 11.9. The number of rotatable bonds is 9. The van der Waals surface area contributed by atoms with Crippen LogP contribution in [0.4, 0.5) is 0 Å². The van der Waals surface area contributed by atoms with E-state index in [-0.39, 0.29) is 30.2 Å². The van der Waals surface area contributed by atoms with Crippen molar-refractivity contribution in [3.8, 4) is 17.2 Å². The molecule has 0 radical (unpaired) electrons. The molecular formula is C19H19N3O5. The minimum Gasteiger partial charge on any atom is -0.506 e. The van der Waals surface area contributed by atoms with Crippen LogP contribution in [0.3, 0.4) is 0 Å². The molecule has 27 heavy (non-hydrogen) atoms. The summed E-state index contributed by atoms with van der Waals surface area (Å²) < 4.78 is 10.0. The van der Waals surface area contributed by atoms with Gasteiger partial charge < -0.3 is 14.6 Å². The molecule has 8 nitrogen and oxygen atoms in total. The first-order chi connectivity index (χ1) is 13.0. The first kappa shape index (κ1) is 19.6. The maximum atomic E-state index is 11.9. The van der Waals surface area contributed by atoms with Gasteiger partial charge in [-0.05, 0) is 30.7 Å². The summed E-state index contributed by atoms with van der Waals surface area (Å²) in [5.74, 6) is -0.926. The fourth-order valence-corrected chi connectivity index (χ4v) is 2.09. The Morgan fingerprint density at radius 2 is 1.81 bits per heavy atom. The highest BCUT2D eigenvalue weighted by Gasteiger charge is 2.13. The van der Waals surface area contributed by atoms with E-state index in [1.807, 2.05) is 0 Å². The van der Waals surface area contributed by atoms with Gasteiger partial charge in [-0.25, -0.2) is 4.79 Å². The molecule has 0 aliphatic rings. The van der Waals surface area contributed by atoms with E-state index in [1.54, 1.807) is 0 Å². The molecule has 0 fully saturated rings. The van der Waals surface area contributed by atoms with E-state index in [9.17, 15) is 14.7 Å². The van der Waals surface area contributed by atoms with Crippen molar-refractivity contribution >= 4 is 24.1 Å². The number of phenolic OH excluding ortho intramolecular Hbond substituents is 1. The fourth-order valence-electron chi connectivity index (χ4n) is 2.09. The quantitative estimate of drug-likeness (QED) is 0.314. The van der Waals surface area contributed by atoms with Gasteiger partial charge in [-0.2, -0.15) is 0 Å². The van der Waals surface area contributed by atoms with E-state index in [2.05, 4.69) is 29.9 Å². The van der Waals surface area contributed by atoms with Crippen LogP contribution in [0.25, 0.3) is 17.8 Å². The SMILES string of the molecule is C=CC(=O)OCCCC(=O)Oc1ccc(O)c(-n2nc(C=C)c(C=C)n2)c1. The first-order valence-corrected chi connectivity index (χ1v) is 8.04. The van der Waals surface area contributed by atoms with Gasteiger partial charge in [0, 0.05) is 18.6 Å². The molecule has 1 aromatic carbocycles. The fraction of sp³-hybridized carbons (Fsp3) is 0.158. The Bertz CT molecular complexity index is 860. The summed E-state index contributed by atoms with van der Waals surface area (Å²) in [7, 11) is 0. The molecule has 0 saturated carbocycles. The van der Waals surface area contributed by atoms with E-state index in [0.29, 0.717) is 17.8 Å². The summed E-state index contributed by atoms with van der Waals surface area (Å²) in [5, 5.41) is 18.5. The van der Waals surface area contributed by atoms with E-state index in [4.69, 9.17) is 9.47 Å². The summed E-state index contributed by atoms with van der Waals surface area (Å²) in [4.78, 5) is 24.0. The van der Waals surface area contributed by atoms with Crippen LogP contribution in [0.15, 0.2) is 44.0 Å². The summed E-state index contributed by atoms with van der Waals surface area (Å²) in [6.07, 6.45) is 4.45. The molecule has 0 aliphatic heterocycles. The standard InChI is InChI=1S/C19H19N3O5/c1-4-14-15(5-2)21-22(20-14)16-12-13(9-10-17(16)23)27-19(25)8-7-11-26-18(24)6-3/h4-6,9-10,12,23H,1-3,7-8,11H2. The van der Waals surface area contributed by atoms with Crippen molar-refractivity contribution in [3.05, 3.63) is 55.4 Å². The zero-order valence-corrected chi connectivity index (χ0v) is 14.6. The second kappa shape index (κ2) is 9.14. The average molecular weight is 369 g/mol. The number of carbonyl (C=O) groups is 2. The second-order valence-electron chi connectivity index (χ2n) is 5.27. The van der Waals surface area contributed by atoms with Gasteiger partial charge in [0.25, 0.3) is 0 Å². The van der Waals surface area contributed by atoms with Crippen LogP contribution in [-0.2, 0) is 14.3 Å². The molecule has 0 bridgehead atoms. The van der Waals surface area contributed by atoms with Crippen molar-refractivity contribution in [1.82, 2.24) is 15.0 Å². The maximum Gasteiger partial charge on any atom is 0.330 e. The minimum absolute atomic E-state index is 0.0574. The van der Waals surface area contributed by atoms with Gasteiger partial charge in [-0.15, -0.1) is 15.0 Å². The smallest absolute Gasteiger partial charge is 0.330 e. The molecule has 140 valence electrons. The van der Waals surface area contributed by atoms with Gasteiger partial charge in [-0.1, -0.05) is 19.7 Å². The number of carbonyl (C=O) groups excluding carboxylic acids is 2. The number of esters is 2. The Balaban J connectivity index is 2.06. The summed E-state index contributed by atoms with van der Waals surface area (Å²) >= 11 is 0. The van der Waals surface area contributed by atoms with Crippen molar-refractivity contribution in [2.75, 3.05) is 6.61 Å². The van der Waals surface area contributed by atoms with E-state index in [1.165, 1.54) is 35.1 Å². The van der Waals surface area contributed by atoms with Crippen molar-refractivity contribution in [2.24, 2.45) is 0 Å². The monoisotopic (exact) mass is 369 g/mol.